The predicted octanol–water partition coefficient (Wildman–Crippen LogP) is 3.09. The van der Waals surface area contributed by atoms with Crippen molar-refractivity contribution in [3.8, 4) is 5.75 Å². The predicted molar refractivity (Wildman–Crippen MR) is 101 cm³/mol. The molecule has 2 rings (SSSR count). The Kier molecular flexibility index (Phi) is 6.27. The van der Waals surface area contributed by atoms with Crippen LogP contribution in [0.5, 0.6) is 5.75 Å². The summed E-state index contributed by atoms with van der Waals surface area (Å²) in [6, 6.07) is 3.80. The van der Waals surface area contributed by atoms with Crippen LogP contribution in [0.15, 0.2) is 27.6 Å². The maximum Gasteiger partial charge on any atom is 0.261 e. The fraction of sp³-hybridized carbons (Fsp3) is 0.444. The molecule has 1 aromatic carbocycles. The van der Waals surface area contributed by atoms with Crippen molar-refractivity contribution in [1.29, 1.82) is 0 Å². The molecular formula is C18H25N3O5S. The number of anilines is 1. The molecule has 0 radical (unpaired) electrons. The number of nitrogens with zero attached hydrogens (tertiary/aromatic N) is 2. The van der Waals surface area contributed by atoms with Crippen LogP contribution in [-0.4, -0.2) is 42.0 Å². The first-order valence-electron chi connectivity index (χ1n) is 8.74. The molecule has 1 aromatic heterocycles. The molecule has 1 amide bonds. The topological polar surface area (TPSA) is 113 Å². The number of benzene rings is 1. The molecule has 0 saturated heterocycles. The molecule has 9 heteroatoms. The summed E-state index contributed by atoms with van der Waals surface area (Å²) >= 11 is 0. The summed E-state index contributed by atoms with van der Waals surface area (Å²) in [4.78, 5) is 12.7. The molecule has 0 unspecified atom stereocenters. The molecule has 0 bridgehead atoms. The number of rotatable bonds is 7. The van der Waals surface area contributed by atoms with Gasteiger partial charge in [0, 0.05) is 19.0 Å². The minimum Gasteiger partial charge on any atom is -0.506 e. The number of carbonyl (C=O) groups excluding carboxylic acids is 1. The standard InChI is InChI=1S/C18H25N3O5S/c1-6-21(7-2)27(24,25)13-8-9-15(22)14(10-13)19-18(23)16-12(5)20-26-17(16)11(3)4/h8-11,22H,6-7H2,1-5H3,(H,19,23). The number of sulfonamides is 1. The van der Waals surface area contributed by atoms with Gasteiger partial charge in [0.05, 0.1) is 16.3 Å². The second-order valence-corrected chi connectivity index (χ2v) is 8.32. The molecule has 0 atom stereocenters. The lowest BCUT2D eigenvalue weighted by atomic mass is 10.0. The van der Waals surface area contributed by atoms with Crippen molar-refractivity contribution in [2.75, 3.05) is 18.4 Å². The SMILES string of the molecule is CCN(CC)S(=O)(=O)c1ccc(O)c(NC(=O)c2c(C)noc2C(C)C)c1. The van der Waals surface area contributed by atoms with Gasteiger partial charge in [-0.1, -0.05) is 32.9 Å². The highest BCUT2D eigenvalue weighted by Gasteiger charge is 2.25. The Bertz CT molecular complexity index is 930. The number of phenolic OH excluding ortho intramolecular Hbond substituents is 1. The number of aromatic nitrogens is 1. The van der Waals surface area contributed by atoms with Crippen LogP contribution < -0.4 is 5.32 Å². The van der Waals surface area contributed by atoms with E-state index in [0.717, 1.165) is 0 Å². The Balaban J connectivity index is 2.41. The minimum absolute atomic E-state index is 0.00328. The van der Waals surface area contributed by atoms with E-state index in [-0.39, 0.29) is 27.8 Å². The normalized spacial score (nSPS) is 12.0. The van der Waals surface area contributed by atoms with Gasteiger partial charge >= 0.3 is 0 Å². The summed E-state index contributed by atoms with van der Waals surface area (Å²) in [6.07, 6.45) is 0. The first-order valence-corrected chi connectivity index (χ1v) is 10.2. The van der Waals surface area contributed by atoms with Crippen LogP contribution in [-0.2, 0) is 10.0 Å². The van der Waals surface area contributed by atoms with Crippen LogP contribution in [0.4, 0.5) is 5.69 Å². The van der Waals surface area contributed by atoms with Crippen LogP contribution in [0.2, 0.25) is 0 Å². The summed E-state index contributed by atoms with van der Waals surface area (Å²) in [6.45, 7) is 9.50. The van der Waals surface area contributed by atoms with Gasteiger partial charge in [-0.15, -0.1) is 0 Å². The Morgan fingerprint density at radius 3 is 2.48 bits per heavy atom. The van der Waals surface area contributed by atoms with Gasteiger partial charge in [0.25, 0.3) is 5.91 Å². The van der Waals surface area contributed by atoms with Crippen LogP contribution in [0.1, 0.15) is 55.4 Å². The van der Waals surface area contributed by atoms with Crippen molar-refractivity contribution >= 4 is 21.6 Å². The number of hydrogen-bond donors (Lipinski definition) is 2. The van der Waals surface area contributed by atoms with E-state index >= 15 is 0 Å². The first kappa shape index (κ1) is 20.9. The summed E-state index contributed by atoms with van der Waals surface area (Å²) < 4.78 is 31.9. The Labute approximate surface area is 159 Å². The zero-order valence-corrected chi connectivity index (χ0v) is 16.9. The molecule has 0 saturated carbocycles. The van der Waals surface area contributed by atoms with Gasteiger partial charge in [0.1, 0.15) is 11.3 Å². The number of phenols is 1. The molecule has 148 valence electrons. The van der Waals surface area contributed by atoms with Crippen molar-refractivity contribution in [3.63, 3.8) is 0 Å². The van der Waals surface area contributed by atoms with Gasteiger partial charge in [-0.2, -0.15) is 4.31 Å². The fourth-order valence-corrected chi connectivity index (χ4v) is 4.22. The third kappa shape index (κ3) is 4.14. The Morgan fingerprint density at radius 2 is 1.93 bits per heavy atom. The van der Waals surface area contributed by atoms with Crippen LogP contribution >= 0.6 is 0 Å². The van der Waals surface area contributed by atoms with E-state index < -0.39 is 15.9 Å². The minimum atomic E-state index is -3.72. The van der Waals surface area contributed by atoms with Gasteiger partial charge in [0.15, 0.2) is 5.76 Å². The van der Waals surface area contributed by atoms with Gasteiger partial charge in [0.2, 0.25) is 10.0 Å². The van der Waals surface area contributed by atoms with E-state index in [4.69, 9.17) is 4.52 Å². The molecule has 0 fully saturated rings. The molecule has 27 heavy (non-hydrogen) atoms. The van der Waals surface area contributed by atoms with Crippen molar-refractivity contribution in [2.24, 2.45) is 0 Å². The maximum atomic E-state index is 12.7. The lowest BCUT2D eigenvalue weighted by molar-refractivity contribution is 0.102. The molecule has 0 aliphatic heterocycles. The molecule has 2 aromatic rings. The third-order valence-corrected chi connectivity index (χ3v) is 6.25. The lowest BCUT2D eigenvalue weighted by Crippen LogP contribution is -2.30. The van der Waals surface area contributed by atoms with Crippen LogP contribution in [0.3, 0.4) is 0 Å². The van der Waals surface area contributed by atoms with Gasteiger partial charge in [-0.25, -0.2) is 8.42 Å². The highest BCUT2D eigenvalue weighted by molar-refractivity contribution is 7.89. The Hall–Kier alpha value is -2.39. The monoisotopic (exact) mass is 395 g/mol. The average Bonchev–Trinajstić information content (AvgIpc) is 2.99. The number of carbonyl (C=O) groups is 1. The smallest absolute Gasteiger partial charge is 0.261 e. The molecule has 0 aliphatic rings. The van der Waals surface area contributed by atoms with Gasteiger partial charge < -0.3 is 14.9 Å². The molecule has 0 aliphatic carbocycles. The van der Waals surface area contributed by atoms with Crippen molar-refractivity contribution < 1.29 is 22.8 Å². The van der Waals surface area contributed by atoms with Crippen LogP contribution in [0.25, 0.3) is 0 Å². The highest BCUT2D eigenvalue weighted by atomic mass is 32.2. The van der Waals surface area contributed by atoms with Gasteiger partial charge in [-0.05, 0) is 25.1 Å². The number of aryl methyl sites for hydroxylation is 1. The number of hydrogen-bond acceptors (Lipinski definition) is 6. The second kappa shape index (κ2) is 8.10. The summed E-state index contributed by atoms with van der Waals surface area (Å²) in [5.74, 6) is -0.390. The molecular weight excluding hydrogens is 370 g/mol. The van der Waals surface area contributed by atoms with E-state index in [9.17, 15) is 18.3 Å². The van der Waals surface area contributed by atoms with Crippen molar-refractivity contribution in [2.45, 2.75) is 45.4 Å². The molecule has 0 spiro atoms. The average molecular weight is 395 g/mol. The quantitative estimate of drug-likeness (QED) is 0.697. The largest absolute Gasteiger partial charge is 0.506 e. The first-order chi connectivity index (χ1) is 12.6. The number of amides is 1. The third-order valence-electron chi connectivity index (χ3n) is 4.20. The van der Waals surface area contributed by atoms with Crippen molar-refractivity contribution in [1.82, 2.24) is 9.46 Å². The van der Waals surface area contributed by atoms with E-state index in [0.29, 0.717) is 24.5 Å². The zero-order chi connectivity index (χ0) is 20.4. The lowest BCUT2D eigenvalue weighted by Gasteiger charge is -2.19. The number of aromatic hydroxyl groups is 1. The molecule has 1 heterocycles. The van der Waals surface area contributed by atoms with Crippen molar-refractivity contribution in [3.05, 3.63) is 35.2 Å². The highest BCUT2D eigenvalue weighted by Crippen LogP contribution is 2.30. The second-order valence-electron chi connectivity index (χ2n) is 6.38. The fourth-order valence-electron chi connectivity index (χ4n) is 2.73. The summed E-state index contributed by atoms with van der Waals surface area (Å²) in [5, 5.41) is 16.5. The molecule has 8 nitrogen and oxygen atoms in total. The summed E-state index contributed by atoms with van der Waals surface area (Å²) in [7, 11) is -3.72. The Morgan fingerprint density at radius 1 is 1.30 bits per heavy atom. The van der Waals surface area contributed by atoms with E-state index in [1.54, 1.807) is 20.8 Å². The summed E-state index contributed by atoms with van der Waals surface area (Å²) in [5.41, 5.74) is 0.701. The van der Waals surface area contributed by atoms with E-state index in [1.165, 1.54) is 22.5 Å². The molecule has 2 N–H and O–H groups in total. The number of nitrogens with one attached hydrogen (secondary N) is 1. The van der Waals surface area contributed by atoms with E-state index in [2.05, 4.69) is 10.5 Å². The van der Waals surface area contributed by atoms with Gasteiger partial charge in [-0.3, -0.25) is 4.79 Å². The van der Waals surface area contributed by atoms with Crippen LogP contribution in [0, 0.1) is 6.92 Å². The maximum absolute atomic E-state index is 12.7. The van der Waals surface area contributed by atoms with E-state index in [1.807, 2.05) is 13.8 Å². The zero-order valence-electron chi connectivity index (χ0n) is 16.1.